The van der Waals surface area contributed by atoms with Crippen molar-refractivity contribution in [3.63, 3.8) is 0 Å². The molecule has 1 rings (SSSR count). The molecule has 0 heterocycles. The fourth-order valence-corrected chi connectivity index (χ4v) is 1.47. The molecule has 0 aliphatic rings. The summed E-state index contributed by atoms with van der Waals surface area (Å²) in [5, 5.41) is 2.85. The van der Waals surface area contributed by atoms with E-state index in [-0.39, 0.29) is 11.9 Å². The fraction of sp³-hybridized carbons (Fsp3) is 0.462. The van der Waals surface area contributed by atoms with Crippen LogP contribution in [0.4, 0.5) is 5.69 Å². The number of anilines is 1. The molecule has 1 atom stereocenters. The molecule has 0 saturated carbocycles. The Balaban J connectivity index is 2.29. The zero-order chi connectivity index (χ0) is 12.7. The SMILES string of the molecule is CC(N)CCN(C)CC(=O)Nc1ccccc1. The molecule has 4 heteroatoms. The van der Waals surface area contributed by atoms with E-state index in [0.29, 0.717) is 6.54 Å². The summed E-state index contributed by atoms with van der Waals surface area (Å²) in [6.07, 6.45) is 0.898. The van der Waals surface area contributed by atoms with E-state index in [1.807, 2.05) is 49.2 Å². The van der Waals surface area contributed by atoms with Gasteiger partial charge in [-0.1, -0.05) is 18.2 Å². The van der Waals surface area contributed by atoms with Crippen LogP contribution in [0.15, 0.2) is 30.3 Å². The molecule has 0 saturated heterocycles. The summed E-state index contributed by atoms with van der Waals surface area (Å²) in [5.74, 6) is 0.00312. The first kappa shape index (κ1) is 13.7. The third-order valence-corrected chi connectivity index (χ3v) is 2.44. The summed E-state index contributed by atoms with van der Waals surface area (Å²) in [7, 11) is 1.92. The summed E-state index contributed by atoms with van der Waals surface area (Å²) in [6.45, 7) is 3.19. The molecule has 1 unspecified atom stereocenters. The number of rotatable bonds is 6. The third-order valence-electron chi connectivity index (χ3n) is 2.44. The predicted octanol–water partition coefficient (Wildman–Crippen LogP) is 1.29. The molecule has 0 spiro atoms. The molecular weight excluding hydrogens is 214 g/mol. The quantitative estimate of drug-likeness (QED) is 0.781. The van der Waals surface area contributed by atoms with Crippen LogP contribution >= 0.6 is 0 Å². The normalized spacial score (nSPS) is 12.5. The Bertz CT molecular complexity index is 338. The van der Waals surface area contributed by atoms with Gasteiger partial charge in [-0.2, -0.15) is 0 Å². The molecule has 4 nitrogen and oxygen atoms in total. The molecule has 0 radical (unpaired) electrons. The Labute approximate surface area is 103 Å². The van der Waals surface area contributed by atoms with Crippen molar-refractivity contribution in [1.29, 1.82) is 0 Å². The zero-order valence-electron chi connectivity index (χ0n) is 10.5. The molecular formula is C13H21N3O. The topological polar surface area (TPSA) is 58.4 Å². The summed E-state index contributed by atoms with van der Waals surface area (Å²) in [4.78, 5) is 13.7. The molecule has 94 valence electrons. The Morgan fingerprint density at radius 3 is 2.65 bits per heavy atom. The molecule has 0 aliphatic heterocycles. The number of hydrogen-bond donors (Lipinski definition) is 2. The van der Waals surface area contributed by atoms with Crippen LogP contribution in [0.3, 0.4) is 0 Å². The van der Waals surface area contributed by atoms with Crippen LogP contribution in [0.5, 0.6) is 0 Å². The molecule has 0 fully saturated rings. The molecule has 1 aromatic carbocycles. The van der Waals surface area contributed by atoms with Crippen molar-refractivity contribution < 1.29 is 4.79 Å². The number of benzene rings is 1. The molecule has 0 bridgehead atoms. The second kappa shape index (κ2) is 7.04. The molecule has 1 aromatic rings. The molecule has 3 N–H and O–H groups in total. The first-order chi connectivity index (χ1) is 8.08. The van der Waals surface area contributed by atoms with E-state index in [4.69, 9.17) is 5.73 Å². The minimum Gasteiger partial charge on any atom is -0.328 e. The van der Waals surface area contributed by atoms with E-state index in [1.54, 1.807) is 0 Å². The lowest BCUT2D eigenvalue weighted by molar-refractivity contribution is -0.117. The van der Waals surface area contributed by atoms with Crippen molar-refractivity contribution in [1.82, 2.24) is 4.90 Å². The van der Waals surface area contributed by atoms with Gasteiger partial charge in [0.05, 0.1) is 6.54 Å². The highest BCUT2D eigenvalue weighted by Crippen LogP contribution is 2.04. The molecule has 1 amide bonds. The minimum absolute atomic E-state index is 0.00312. The number of nitrogens with one attached hydrogen (secondary N) is 1. The Morgan fingerprint density at radius 2 is 2.06 bits per heavy atom. The highest BCUT2D eigenvalue weighted by atomic mass is 16.2. The molecule has 0 aromatic heterocycles. The van der Waals surface area contributed by atoms with Gasteiger partial charge in [0.2, 0.25) is 5.91 Å². The molecule has 17 heavy (non-hydrogen) atoms. The van der Waals surface area contributed by atoms with Crippen LogP contribution in [-0.4, -0.2) is 37.0 Å². The number of nitrogens with zero attached hydrogens (tertiary/aromatic N) is 1. The van der Waals surface area contributed by atoms with Crippen LogP contribution in [-0.2, 0) is 4.79 Å². The van der Waals surface area contributed by atoms with Gasteiger partial charge in [-0.05, 0) is 39.1 Å². The number of carbonyl (C=O) groups excluding carboxylic acids is 1. The average molecular weight is 235 g/mol. The summed E-state index contributed by atoms with van der Waals surface area (Å²) in [5.41, 5.74) is 6.50. The van der Waals surface area contributed by atoms with Crippen LogP contribution in [0, 0.1) is 0 Å². The van der Waals surface area contributed by atoms with Gasteiger partial charge in [0.25, 0.3) is 0 Å². The number of likely N-dealkylation sites (N-methyl/N-ethyl adjacent to an activating group) is 1. The predicted molar refractivity (Wildman–Crippen MR) is 70.8 cm³/mol. The standard InChI is InChI=1S/C13H21N3O/c1-11(14)8-9-16(2)10-13(17)15-12-6-4-3-5-7-12/h3-7,11H,8-10,14H2,1-2H3,(H,15,17). The highest BCUT2D eigenvalue weighted by molar-refractivity contribution is 5.92. The van der Waals surface area contributed by atoms with Gasteiger partial charge in [0, 0.05) is 11.7 Å². The molecule has 0 aliphatic carbocycles. The van der Waals surface area contributed by atoms with Crippen molar-refractivity contribution in [3.05, 3.63) is 30.3 Å². The fourth-order valence-electron chi connectivity index (χ4n) is 1.47. The number of nitrogens with two attached hydrogens (primary N) is 1. The van der Waals surface area contributed by atoms with Crippen LogP contribution in [0.1, 0.15) is 13.3 Å². The van der Waals surface area contributed by atoms with Crippen molar-refractivity contribution in [2.75, 3.05) is 25.5 Å². The van der Waals surface area contributed by atoms with Crippen molar-refractivity contribution in [2.45, 2.75) is 19.4 Å². The van der Waals surface area contributed by atoms with E-state index in [2.05, 4.69) is 5.32 Å². The van der Waals surface area contributed by atoms with E-state index in [9.17, 15) is 4.79 Å². The minimum atomic E-state index is 0.00312. The van der Waals surface area contributed by atoms with Crippen LogP contribution in [0.25, 0.3) is 0 Å². The second-order valence-electron chi connectivity index (χ2n) is 4.42. The highest BCUT2D eigenvalue weighted by Gasteiger charge is 2.07. The number of carbonyl (C=O) groups is 1. The zero-order valence-corrected chi connectivity index (χ0v) is 10.5. The van der Waals surface area contributed by atoms with Gasteiger partial charge in [-0.3, -0.25) is 9.69 Å². The van der Waals surface area contributed by atoms with Crippen molar-refractivity contribution in [2.24, 2.45) is 5.73 Å². The van der Waals surface area contributed by atoms with Gasteiger partial charge < -0.3 is 11.1 Å². The maximum atomic E-state index is 11.7. The lowest BCUT2D eigenvalue weighted by atomic mass is 10.2. The van der Waals surface area contributed by atoms with Gasteiger partial charge in [0.15, 0.2) is 0 Å². The van der Waals surface area contributed by atoms with Gasteiger partial charge >= 0.3 is 0 Å². The van der Waals surface area contributed by atoms with Crippen molar-refractivity contribution in [3.8, 4) is 0 Å². The number of para-hydroxylation sites is 1. The summed E-state index contributed by atoms with van der Waals surface area (Å²) in [6, 6.07) is 9.64. The van der Waals surface area contributed by atoms with Crippen LogP contribution in [0.2, 0.25) is 0 Å². The largest absolute Gasteiger partial charge is 0.328 e. The summed E-state index contributed by atoms with van der Waals surface area (Å²) >= 11 is 0. The lowest BCUT2D eigenvalue weighted by Crippen LogP contribution is -2.33. The number of amides is 1. The monoisotopic (exact) mass is 235 g/mol. The number of hydrogen-bond acceptors (Lipinski definition) is 3. The Morgan fingerprint density at radius 1 is 1.41 bits per heavy atom. The van der Waals surface area contributed by atoms with Crippen molar-refractivity contribution >= 4 is 11.6 Å². The second-order valence-corrected chi connectivity index (χ2v) is 4.42. The summed E-state index contributed by atoms with van der Waals surface area (Å²) < 4.78 is 0. The van der Waals surface area contributed by atoms with E-state index in [0.717, 1.165) is 18.7 Å². The first-order valence-corrected chi connectivity index (χ1v) is 5.87. The lowest BCUT2D eigenvalue weighted by Gasteiger charge is -2.17. The maximum Gasteiger partial charge on any atom is 0.238 e. The first-order valence-electron chi connectivity index (χ1n) is 5.87. The Hall–Kier alpha value is -1.39. The van der Waals surface area contributed by atoms with E-state index in [1.165, 1.54) is 0 Å². The average Bonchev–Trinajstić information content (AvgIpc) is 2.27. The van der Waals surface area contributed by atoms with E-state index >= 15 is 0 Å². The maximum absolute atomic E-state index is 11.7. The van der Waals surface area contributed by atoms with Gasteiger partial charge in [-0.15, -0.1) is 0 Å². The van der Waals surface area contributed by atoms with Crippen LogP contribution < -0.4 is 11.1 Å². The smallest absolute Gasteiger partial charge is 0.238 e. The van der Waals surface area contributed by atoms with Gasteiger partial charge in [0.1, 0.15) is 0 Å². The van der Waals surface area contributed by atoms with Gasteiger partial charge in [-0.25, -0.2) is 0 Å². The van der Waals surface area contributed by atoms with E-state index < -0.39 is 0 Å². The third kappa shape index (κ3) is 6.04. The Kier molecular flexibility index (Phi) is 5.66.